The Bertz CT molecular complexity index is 872. The average Bonchev–Trinajstić information content (AvgIpc) is 3.30. The van der Waals surface area contributed by atoms with Gasteiger partial charge in [0.25, 0.3) is 0 Å². The molecule has 2 aromatic carbocycles. The molecule has 3 aromatic rings. The fraction of sp³-hybridized carbons (Fsp3) is 0.286. The lowest BCUT2D eigenvalue weighted by atomic mass is 9.89. The zero-order valence-corrected chi connectivity index (χ0v) is 17.7. The van der Waals surface area contributed by atoms with Gasteiger partial charge in [0.15, 0.2) is 5.76 Å². The number of benzene rings is 2. The lowest BCUT2D eigenvalue weighted by Gasteiger charge is -2.16. The Hall–Kier alpha value is -1.56. The van der Waals surface area contributed by atoms with Gasteiger partial charge in [-0.15, -0.1) is 24.8 Å². The molecule has 1 aromatic heterocycles. The van der Waals surface area contributed by atoms with Crippen molar-refractivity contribution in [3.05, 3.63) is 77.3 Å². The lowest BCUT2D eigenvalue weighted by Crippen LogP contribution is -2.23. The highest BCUT2D eigenvalue weighted by atomic mass is 35.5. The molecule has 150 valence electrons. The van der Waals surface area contributed by atoms with Crippen molar-refractivity contribution in [1.82, 2.24) is 9.88 Å². The quantitative estimate of drug-likeness (QED) is 0.605. The molecular formula is C21H24Cl3N3O. The lowest BCUT2D eigenvalue weighted by molar-refractivity contribution is 0.281. The number of hydrogen-bond acceptors (Lipinski definition) is 4. The van der Waals surface area contributed by atoms with Crippen LogP contribution in [0.1, 0.15) is 17.4 Å². The maximum absolute atomic E-state index is 6.06. The molecule has 4 rings (SSSR count). The smallest absolute Gasteiger partial charge is 0.209 e. The third-order valence-electron chi connectivity index (χ3n) is 5.07. The molecule has 0 aliphatic carbocycles. The minimum absolute atomic E-state index is 0. The van der Waals surface area contributed by atoms with Crippen molar-refractivity contribution >= 4 is 36.4 Å². The van der Waals surface area contributed by atoms with Crippen LogP contribution >= 0.6 is 36.4 Å². The molecule has 1 fully saturated rings. The maximum atomic E-state index is 6.06. The van der Waals surface area contributed by atoms with E-state index in [1.807, 2.05) is 24.3 Å². The van der Waals surface area contributed by atoms with Crippen LogP contribution < -0.4 is 5.73 Å². The topological polar surface area (TPSA) is 55.3 Å². The molecule has 4 nitrogen and oxygen atoms in total. The van der Waals surface area contributed by atoms with Crippen LogP contribution in [0.5, 0.6) is 0 Å². The van der Waals surface area contributed by atoms with E-state index in [4.69, 9.17) is 21.8 Å². The number of hydrogen-bond donors (Lipinski definition) is 1. The molecule has 2 heterocycles. The van der Waals surface area contributed by atoms with Crippen LogP contribution in [0, 0.1) is 5.92 Å². The van der Waals surface area contributed by atoms with E-state index in [0.717, 1.165) is 30.3 Å². The van der Waals surface area contributed by atoms with E-state index >= 15 is 0 Å². The fourth-order valence-corrected chi connectivity index (χ4v) is 3.95. The summed E-state index contributed by atoms with van der Waals surface area (Å²) in [4.78, 5) is 6.83. The molecule has 1 aliphatic heterocycles. The second-order valence-corrected chi connectivity index (χ2v) is 7.27. The Morgan fingerprint density at radius 1 is 1.07 bits per heavy atom. The van der Waals surface area contributed by atoms with Crippen molar-refractivity contribution in [3.63, 3.8) is 0 Å². The van der Waals surface area contributed by atoms with E-state index in [0.29, 0.717) is 29.9 Å². The first kappa shape index (κ1) is 22.7. The summed E-state index contributed by atoms with van der Waals surface area (Å²) in [6.45, 7) is 3.32. The molecule has 1 saturated heterocycles. The van der Waals surface area contributed by atoms with E-state index in [1.54, 1.807) is 6.20 Å². The van der Waals surface area contributed by atoms with Crippen molar-refractivity contribution < 1.29 is 4.42 Å². The molecule has 0 amide bonds. The normalized spacial score (nSPS) is 19.1. The number of oxazole rings is 1. The first-order valence-corrected chi connectivity index (χ1v) is 9.28. The Balaban J connectivity index is 0.00000140. The van der Waals surface area contributed by atoms with Crippen molar-refractivity contribution in [2.45, 2.75) is 12.5 Å². The minimum Gasteiger partial charge on any atom is -0.439 e. The summed E-state index contributed by atoms with van der Waals surface area (Å²) >= 11 is 6.06. The number of nitrogens with two attached hydrogens (primary N) is 1. The molecule has 2 N–H and O–H groups in total. The monoisotopic (exact) mass is 439 g/mol. The van der Waals surface area contributed by atoms with Crippen LogP contribution in [-0.4, -0.2) is 29.5 Å². The average molecular weight is 441 g/mol. The van der Waals surface area contributed by atoms with Gasteiger partial charge in [0.05, 0.1) is 12.7 Å². The zero-order chi connectivity index (χ0) is 17.9. The molecule has 0 saturated carbocycles. The highest BCUT2D eigenvalue weighted by molar-refractivity contribution is 6.30. The van der Waals surface area contributed by atoms with Gasteiger partial charge in [0, 0.05) is 29.6 Å². The summed E-state index contributed by atoms with van der Waals surface area (Å²) in [5.74, 6) is 2.39. The van der Waals surface area contributed by atoms with Gasteiger partial charge >= 0.3 is 0 Å². The van der Waals surface area contributed by atoms with Crippen LogP contribution in [0.3, 0.4) is 0 Å². The van der Waals surface area contributed by atoms with E-state index in [9.17, 15) is 0 Å². The van der Waals surface area contributed by atoms with Crippen LogP contribution in [0.4, 0.5) is 0 Å². The summed E-state index contributed by atoms with van der Waals surface area (Å²) < 4.78 is 5.95. The fourth-order valence-electron chi connectivity index (χ4n) is 3.76. The van der Waals surface area contributed by atoms with Gasteiger partial charge in [-0.3, -0.25) is 4.90 Å². The van der Waals surface area contributed by atoms with Crippen LogP contribution in [0.15, 0.2) is 65.2 Å². The van der Waals surface area contributed by atoms with Crippen LogP contribution in [0.25, 0.3) is 11.3 Å². The first-order chi connectivity index (χ1) is 12.7. The third kappa shape index (κ3) is 5.07. The number of nitrogens with zero attached hydrogens (tertiary/aromatic N) is 2. The van der Waals surface area contributed by atoms with E-state index in [1.165, 1.54) is 5.56 Å². The predicted octanol–water partition coefficient (Wildman–Crippen LogP) is 5.01. The Morgan fingerprint density at radius 2 is 1.86 bits per heavy atom. The van der Waals surface area contributed by atoms with Gasteiger partial charge in [0.1, 0.15) is 0 Å². The van der Waals surface area contributed by atoms with Crippen molar-refractivity contribution in [2.75, 3.05) is 19.6 Å². The van der Waals surface area contributed by atoms with Gasteiger partial charge in [-0.2, -0.15) is 0 Å². The van der Waals surface area contributed by atoms with Gasteiger partial charge < -0.3 is 10.2 Å². The predicted molar refractivity (Wildman–Crippen MR) is 118 cm³/mol. The molecule has 28 heavy (non-hydrogen) atoms. The van der Waals surface area contributed by atoms with Crippen molar-refractivity contribution in [2.24, 2.45) is 11.7 Å². The standard InChI is InChI=1S/C21H22ClN3O.2ClH/c22-18-8-4-7-16(9-18)20-11-24-21(26-20)14-25-12-17(10-23)19(13-25)15-5-2-1-3-6-15;;/h1-9,11,17,19H,10,12-14,23H2;2*1H/t17-,19+;;/m1../s1. The molecule has 0 spiro atoms. The molecule has 0 unspecified atom stereocenters. The van der Waals surface area contributed by atoms with Crippen molar-refractivity contribution in [1.29, 1.82) is 0 Å². The number of halogens is 3. The minimum atomic E-state index is 0. The SMILES string of the molecule is Cl.Cl.NC[C@@H]1CN(Cc2ncc(-c3cccc(Cl)c3)o2)C[C@H]1c1ccccc1. The number of likely N-dealkylation sites (tertiary alicyclic amines) is 1. The summed E-state index contributed by atoms with van der Waals surface area (Å²) in [6, 6.07) is 18.3. The summed E-state index contributed by atoms with van der Waals surface area (Å²) in [5.41, 5.74) is 8.34. The number of aromatic nitrogens is 1. The Morgan fingerprint density at radius 3 is 2.57 bits per heavy atom. The zero-order valence-electron chi connectivity index (χ0n) is 15.3. The Kier molecular flexibility index (Phi) is 8.35. The first-order valence-electron chi connectivity index (χ1n) is 8.91. The summed E-state index contributed by atoms with van der Waals surface area (Å²) in [6.07, 6.45) is 1.77. The Labute approximate surface area is 182 Å². The van der Waals surface area contributed by atoms with E-state index < -0.39 is 0 Å². The molecule has 0 bridgehead atoms. The van der Waals surface area contributed by atoms with Gasteiger partial charge in [0.2, 0.25) is 5.89 Å². The number of rotatable bonds is 5. The summed E-state index contributed by atoms with van der Waals surface area (Å²) in [5, 5.41) is 0.691. The molecule has 7 heteroatoms. The van der Waals surface area contributed by atoms with Crippen molar-refractivity contribution in [3.8, 4) is 11.3 Å². The van der Waals surface area contributed by atoms with Crippen LogP contribution in [-0.2, 0) is 6.54 Å². The van der Waals surface area contributed by atoms with E-state index in [2.05, 4.69) is 40.2 Å². The highest BCUT2D eigenvalue weighted by Gasteiger charge is 2.33. The van der Waals surface area contributed by atoms with E-state index in [-0.39, 0.29) is 24.8 Å². The molecule has 2 atom stereocenters. The molecule has 1 aliphatic rings. The largest absolute Gasteiger partial charge is 0.439 e. The van der Waals surface area contributed by atoms with Gasteiger partial charge in [-0.05, 0) is 30.2 Å². The highest BCUT2D eigenvalue weighted by Crippen LogP contribution is 2.33. The second kappa shape index (κ2) is 10.3. The summed E-state index contributed by atoms with van der Waals surface area (Å²) in [7, 11) is 0. The van der Waals surface area contributed by atoms with Crippen LogP contribution in [0.2, 0.25) is 5.02 Å². The van der Waals surface area contributed by atoms with Gasteiger partial charge in [-0.25, -0.2) is 4.98 Å². The van der Waals surface area contributed by atoms with Gasteiger partial charge in [-0.1, -0.05) is 54.1 Å². The molecular weight excluding hydrogens is 417 g/mol. The maximum Gasteiger partial charge on any atom is 0.209 e. The second-order valence-electron chi connectivity index (χ2n) is 6.84. The third-order valence-corrected chi connectivity index (χ3v) is 5.30. The molecule has 0 radical (unpaired) electrons.